The molecular formula is C18H32O5. The van der Waals surface area contributed by atoms with E-state index in [2.05, 4.69) is 0 Å². The fourth-order valence-corrected chi connectivity index (χ4v) is 2.99. The number of carboxylic acids is 2. The number of carboxylic acid groups (broad SMARTS) is 2. The second-order valence-electron chi connectivity index (χ2n) is 6.61. The molecule has 0 unspecified atom stereocenters. The van der Waals surface area contributed by atoms with E-state index in [0.29, 0.717) is 25.0 Å². The number of unbranched alkanes of at least 4 members (excludes halogenated alkanes) is 8. The van der Waals surface area contributed by atoms with Gasteiger partial charge in [-0.3, -0.25) is 9.59 Å². The van der Waals surface area contributed by atoms with Gasteiger partial charge in [0.05, 0.1) is 12.2 Å². The van der Waals surface area contributed by atoms with E-state index in [1.807, 2.05) is 0 Å². The average Bonchev–Trinajstić information content (AvgIpc) is 3.23. The summed E-state index contributed by atoms with van der Waals surface area (Å²) in [5.74, 6) is -1.39. The maximum absolute atomic E-state index is 10.4. The highest BCUT2D eigenvalue weighted by Crippen LogP contribution is 2.31. The zero-order chi connectivity index (χ0) is 16.9. The SMILES string of the molecule is O=C(O)CCCCCCC[C@@H]1O[C@@H]1CCCCCCCC(=O)O. The molecule has 0 aliphatic carbocycles. The second-order valence-corrected chi connectivity index (χ2v) is 6.61. The van der Waals surface area contributed by atoms with Crippen molar-refractivity contribution in [1.29, 1.82) is 0 Å². The molecule has 0 aromatic heterocycles. The van der Waals surface area contributed by atoms with Gasteiger partial charge >= 0.3 is 11.9 Å². The fourth-order valence-electron chi connectivity index (χ4n) is 2.99. The van der Waals surface area contributed by atoms with Crippen molar-refractivity contribution in [3.63, 3.8) is 0 Å². The molecule has 2 N–H and O–H groups in total. The van der Waals surface area contributed by atoms with E-state index < -0.39 is 11.9 Å². The molecule has 0 radical (unpaired) electrons. The Morgan fingerprint density at radius 3 is 1.35 bits per heavy atom. The lowest BCUT2D eigenvalue weighted by Gasteiger charge is -2.00. The molecule has 2 atom stereocenters. The van der Waals surface area contributed by atoms with Crippen LogP contribution in [-0.4, -0.2) is 34.4 Å². The minimum Gasteiger partial charge on any atom is -0.481 e. The molecule has 0 amide bonds. The van der Waals surface area contributed by atoms with Gasteiger partial charge in [-0.05, 0) is 25.7 Å². The summed E-state index contributed by atoms with van der Waals surface area (Å²) in [5.41, 5.74) is 0. The Kier molecular flexibility index (Phi) is 10.7. The van der Waals surface area contributed by atoms with Crippen LogP contribution in [-0.2, 0) is 14.3 Å². The van der Waals surface area contributed by atoms with Gasteiger partial charge < -0.3 is 14.9 Å². The predicted octanol–water partition coefficient (Wildman–Crippen LogP) is 4.38. The third-order valence-corrected chi connectivity index (χ3v) is 4.45. The first kappa shape index (κ1) is 19.9. The van der Waals surface area contributed by atoms with Gasteiger partial charge in [-0.1, -0.05) is 51.4 Å². The Morgan fingerprint density at radius 2 is 0.957 bits per heavy atom. The lowest BCUT2D eigenvalue weighted by molar-refractivity contribution is -0.138. The van der Waals surface area contributed by atoms with Gasteiger partial charge in [0, 0.05) is 12.8 Å². The number of hydrogen-bond acceptors (Lipinski definition) is 3. The van der Waals surface area contributed by atoms with Crippen molar-refractivity contribution in [3.05, 3.63) is 0 Å². The summed E-state index contributed by atoms with van der Waals surface area (Å²) in [6.07, 6.45) is 14.4. The summed E-state index contributed by atoms with van der Waals surface area (Å²) in [6.45, 7) is 0. The first-order valence-electron chi connectivity index (χ1n) is 9.18. The van der Waals surface area contributed by atoms with Gasteiger partial charge in [0.15, 0.2) is 0 Å². The average molecular weight is 328 g/mol. The molecule has 5 nitrogen and oxygen atoms in total. The molecule has 5 heteroatoms. The Labute approximate surface area is 139 Å². The van der Waals surface area contributed by atoms with E-state index in [-0.39, 0.29) is 0 Å². The van der Waals surface area contributed by atoms with E-state index in [1.165, 1.54) is 25.7 Å². The number of aliphatic carboxylic acids is 2. The minimum atomic E-state index is -0.693. The van der Waals surface area contributed by atoms with Crippen molar-refractivity contribution < 1.29 is 24.5 Å². The monoisotopic (exact) mass is 328 g/mol. The number of epoxide rings is 1. The summed E-state index contributed by atoms with van der Waals surface area (Å²) >= 11 is 0. The Hall–Kier alpha value is -1.10. The third kappa shape index (κ3) is 12.0. The molecule has 0 aromatic rings. The Morgan fingerprint density at radius 1 is 0.609 bits per heavy atom. The lowest BCUT2D eigenvalue weighted by Crippen LogP contribution is -1.96. The minimum absolute atomic E-state index is 0.296. The maximum Gasteiger partial charge on any atom is 0.303 e. The highest BCUT2D eigenvalue weighted by Gasteiger charge is 2.36. The fraction of sp³-hybridized carbons (Fsp3) is 0.889. The topological polar surface area (TPSA) is 87.1 Å². The molecule has 1 heterocycles. The maximum atomic E-state index is 10.4. The molecule has 1 rings (SSSR count). The number of carbonyl (C=O) groups is 2. The van der Waals surface area contributed by atoms with Crippen molar-refractivity contribution >= 4 is 11.9 Å². The van der Waals surface area contributed by atoms with Crippen molar-refractivity contribution in [2.45, 2.75) is 102 Å². The number of rotatable bonds is 16. The molecule has 0 spiro atoms. The molecule has 0 bridgehead atoms. The largest absolute Gasteiger partial charge is 0.481 e. The molecule has 23 heavy (non-hydrogen) atoms. The standard InChI is InChI=1S/C18H32O5/c19-17(20)13-9-5-1-3-7-11-15-16(23-15)12-8-4-2-6-10-14-18(21)22/h15-16H,1-14H2,(H,19,20)(H,21,22)/t15-,16+. The highest BCUT2D eigenvalue weighted by atomic mass is 16.6. The van der Waals surface area contributed by atoms with E-state index >= 15 is 0 Å². The summed E-state index contributed by atoms with van der Waals surface area (Å²) < 4.78 is 5.68. The zero-order valence-corrected chi connectivity index (χ0v) is 14.2. The number of ether oxygens (including phenoxy) is 1. The van der Waals surface area contributed by atoms with Gasteiger partial charge in [-0.15, -0.1) is 0 Å². The van der Waals surface area contributed by atoms with E-state index in [0.717, 1.165) is 51.4 Å². The molecule has 0 aromatic carbocycles. The van der Waals surface area contributed by atoms with Crippen LogP contribution in [0.3, 0.4) is 0 Å². The van der Waals surface area contributed by atoms with Crippen LogP contribution in [0.15, 0.2) is 0 Å². The van der Waals surface area contributed by atoms with Crippen LogP contribution < -0.4 is 0 Å². The third-order valence-electron chi connectivity index (χ3n) is 4.45. The van der Waals surface area contributed by atoms with E-state index in [4.69, 9.17) is 14.9 Å². The summed E-state index contributed by atoms with van der Waals surface area (Å²) in [7, 11) is 0. The normalized spacial score (nSPS) is 19.7. The second kappa shape index (κ2) is 12.3. The molecule has 0 saturated carbocycles. The lowest BCUT2D eigenvalue weighted by atomic mass is 10.0. The van der Waals surface area contributed by atoms with Crippen LogP contribution in [0.5, 0.6) is 0 Å². The van der Waals surface area contributed by atoms with Crippen LogP contribution in [0.4, 0.5) is 0 Å². The number of hydrogen-bond donors (Lipinski definition) is 2. The Balaban J connectivity index is 1.77. The molecule has 1 saturated heterocycles. The van der Waals surface area contributed by atoms with Crippen molar-refractivity contribution in [3.8, 4) is 0 Å². The zero-order valence-electron chi connectivity index (χ0n) is 14.2. The van der Waals surface area contributed by atoms with Crippen LogP contribution >= 0.6 is 0 Å². The first-order valence-corrected chi connectivity index (χ1v) is 9.18. The summed E-state index contributed by atoms with van der Waals surface area (Å²) in [5, 5.41) is 17.1. The van der Waals surface area contributed by atoms with Crippen LogP contribution in [0.25, 0.3) is 0 Å². The molecular weight excluding hydrogens is 296 g/mol. The van der Waals surface area contributed by atoms with Gasteiger partial charge in [0.2, 0.25) is 0 Å². The predicted molar refractivity (Wildman–Crippen MR) is 88.6 cm³/mol. The van der Waals surface area contributed by atoms with Crippen molar-refractivity contribution in [2.75, 3.05) is 0 Å². The van der Waals surface area contributed by atoms with Gasteiger partial charge in [0.25, 0.3) is 0 Å². The Bertz CT molecular complexity index is 310. The molecule has 1 fully saturated rings. The van der Waals surface area contributed by atoms with Gasteiger partial charge in [-0.25, -0.2) is 0 Å². The van der Waals surface area contributed by atoms with Crippen LogP contribution in [0.2, 0.25) is 0 Å². The van der Waals surface area contributed by atoms with Crippen molar-refractivity contribution in [1.82, 2.24) is 0 Å². The van der Waals surface area contributed by atoms with E-state index in [9.17, 15) is 9.59 Å². The molecule has 134 valence electrons. The van der Waals surface area contributed by atoms with Crippen LogP contribution in [0, 0.1) is 0 Å². The van der Waals surface area contributed by atoms with Crippen molar-refractivity contribution in [2.24, 2.45) is 0 Å². The summed E-state index contributed by atoms with van der Waals surface area (Å²) in [6, 6.07) is 0. The molecule has 1 aliphatic rings. The highest BCUT2D eigenvalue weighted by molar-refractivity contribution is 5.66. The summed E-state index contributed by atoms with van der Waals surface area (Å²) in [4.78, 5) is 20.7. The smallest absolute Gasteiger partial charge is 0.303 e. The van der Waals surface area contributed by atoms with E-state index in [1.54, 1.807) is 0 Å². The first-order chi connectivity index (χ1) is 11.1. The van der Waals surface area contributed by atoms with Crippen LogP contribution in [0.1, 0.15) is 89.9 Å². The van der Waals surface area contributed by atoms with Gasteiger partial charge in [-0.2, -0.15) is 0 Å². The van der Waals surface area contributed by atoms with Gasteiger partial charge in [0.1, 0.15) is 0 Å². The molecule has 1 aliphatic heterocycles. The quantitative estimate of drug-likeness (QED) is 0.324.